The van der Waals surface area contributed by atoms with Crippen LogP contribution >= 0.6 is 15.9 Å². The molecular weight excluding hydrogens is 564 g/mol. The molecule has 0 fully saturated rings. The van der Waals surface area contributed by atoms with E-state index in [-0.39, 0.29) is 17.5 Å². The second kappa shape index (κ2) is 11.1. The molecule has 0 aromatic heterocycles. The number of anilines is 2. The predicted molar refractivity (Wildman–Crippen MR) is 154 cm³/mol. The van der Waals surface area contributed by atoms with E-state index in [1.54, 1.807) is 27.4 Å². The molecule has 0 saturated carbocycles. The van der Waals surface area contributed by atoms with E-state index < -0.39 is 6.04 Å². The Morgan fingerprint density at radius 2 is 1.59 bits per heavy atom. The van der Waals surface area contributed by atoms with Crippen molar-refractivity contribution >= 4 is 33.1 Å². The Hall–Kier alpha value is -3.85. The van der Waals surface area contributed by atoms with Crippen LogP contribution in [0.25, 0.3) is 0 Å². The van der Waals surface area contributed by atoms with Gasteiger partial charge in [0, 0.05) is 17.7 Å². The van der Waals surface area contributed by atoms with Crippen LogP contribution in [0.1, 0.15) is 42.9 Å². The van der Waals surface area contributed by atoms with E-state index in [0.717, 1.165) is 28.2 Å². The number of ketones is 1. The number of methoxy groups -OCH3 is 3. The molecule has 0 saturated heterocycles. The highest BCUT2D eigenvalue weighted by Gasteiger charge is 2.37. The topological polar surface area (TPSA) is 98.3 Å². The summed E-state index contributed by atoms with van der Waals surface area (Å²) in [6, 6.07) is 14.9. The Morgan fingerprint density at radius 3 is 2.23 bits per heavy atom. The second-order valence-electron chi connectivity index (χ2n) is 9.41. The molecule has 0 bridgehead atoms. The van der Waals surface area contributed by atoms with Crippen LogP contribution in [0.5, 0.6) is 28.7 Å². The van der Waals surface area contributed by atoms with Crippen molar-refractivity contribution in [1.82, 2.24) is 0 Å². The standard InChI is InChI=1S/C30H31BrN2O6/c1-5-39-24-15-18(10-19(31)29(24)35)28-27-22(32-20-8-6-7-9-21(20)33-28)11-16(12-23(27)34)17-13-25(36-2)30(38-4)26(14-17)37-3/h6-10,13-16,28,32-33,35H,5,11-12H2,1-4H3/t16-,28+/m0/s1. The Balaban J connectivity index is 1.62. The fraction of sp³-hybridized carbons (Fsp3) is 0.300. The number of benzene rings is 3. The Labute approximate surface area is 236 Å². The number of allylic oxidation sites excluding steroid dienone is 1. The highest BCUT2D eigenvalue weighted by Crippen LogP contribution is 2.48. The molecule has 9 heteroatoms. The number of halogens is 1. The molecule has 3 aromatic carbocycles. The third kappa shape index (κ3) is 4.98. The van der Waals surface area contributed by atoms with Crippen molar-refractivity contribution in [3.63, 3.8) is 0 Å². The van der Waals surface area contributed by atoms with Gasteiger partial charge in [-0.05, 0) is 82.7 Å². The summed E-state index contributed by atoms with van der Waals surface area (Å²) >= 11 is 3.46. The summed E-state index contributed by atoms with van der Waals surface area (Å²) in [6.07, 6.45) is 0.912. The van der Waals surface area contributed by atoms with Crippen LogP contribution in [-0.4, -0.2) is 38.8 Å². The maximum absolute atomic E-state index is 14.0. The number of aromatic hydroxyl groups is 1. The molecule has 3 aromatic rings. The van der Waals surface area contributed by atoms with Crippen LogP contribution < -0.4 is 29.6 Å². The number of rotatable bonds is 7. The molecule has 1 heterocycles. The number of Topliss-reactive ketones (excluding diaryl/α,β-unsaturated/α-hetero) is 1. The molecule has 1 aliphatic carbocycles. The number of para-hydroxylation sites is 2. The van der Waals surface area contributed by atoms with E-state index >= 15 is 0 Å². The van der Waals surface area contributed by atoms with Crippen LogP contribution in [0.4, 0.5) is 11.4 Å². The summed E-state index contributed by atoms with van der Waals surface area (Å²) in [7, 11) is 4.74. The third-order valence-corrected chi connectivity index (χ3v) is 7.76. The van der Waals surface area contributed by atoms with Crippen molar-refractivity contribution in [2.75, 3.05) is 38.6 Å². The first-order chi connectivity index (χ1) is 18.9. The lowest BCUT2D eigenvalue weighted by molar-refractivity contribution is -0.116. The summed E-state index contributed by atoms with van der Waals surface area (Å²) in [5.41, 5.74) is 4.99. The van der Waals surface area contributed by atoms with Gasteiger partial charge in [-0.25, -0.2) is 0 Å². The molecule has 2 atom stereocenters. The summed E-state index contributed by atoms with van der Waals surface area (Å²) < 4.78 is 22.8. The lowest BCUT2D eigenvalue weighted by Crippen LogP contribution is -2.27. The van der Waals surface area contributed by atoms with E-state index in [0.29, 0.717) is 52.5 Å². The van der Waals surface area contributed by atoms with Gasteiger partial charge in [-0.15, -0.1) is 0 Å². The normalized spacial score (nSPS) is 18.2. The number of nitrogens with one attached hydrogen (secondary N) is 2. The molecule has 0 spiro atoms. The Kier molecular flexibility index (Phi) is 7.61. The molecule has 204 valence electrons. The fourth-order valence-corrected chi connectivity index (χ4v) is 5.80. The molecule has 39 heavy (non-hydrogen) atoms. The quantitative estimate of drug-likeness (QED) is 0.283. The van der Waals surface area contributed by atoms with E-state index in [4.69, 9.17) is 18.9 Å². The summed E-state index contributed by atoms with van der Waals surface area (Å²) in [5.74, 6) is 1.92. The minimum absolute atomic E-state index is 0.0231. The lowest BCUT2D eigenvalue weighted by Gasteiger charge is -2.30. The second-order valence-corrected chi connectivity index (χ2v) is 10.3. The van der Waals surface area contributed by atoms with Crippen molar-refractivity contribution in [3.8, 4) is 28.7 Å². The van der Waals surface area contributed by atoms with Crippen molar-refractivity contribution in [2.24, 2.45) is 0 Å². The van der Waals surface area contributed by atoms with Gasteiger partial charge in [0.05, 0.1) is 49.8 Å². The largest absolute Gasteiger partial charge is 0.503 e. The fourth-order valence-electron chi connectivity index (χ4n) is 5.34. The average molecular weight is 595 g/mol. The van der Waals surface area contributed by atoms with Crippen molar-refractivity contribution < 1.29 is 28.8 Å². The van der Waals surface area contributed by atoms with Crippen LogP contribution in [0.3, 0.4) is 0 Å². The molecule has 5 rings (SSSR count). The van der Waals surface area contributed by atoms with Crippen LogP contribution in [0.15, 0.2) is 64.3 Å². The SMILES string of the molecule is CCOc1cc([C@H]2Nc3ccccc3NC3=C2C(=O)C[C@@H](c2cc(OC)c(OC)c(OC)c2)C3)cc(Br)c1O. The van der Waals surface area contributed by atoms with E-state index in [9.17, 15) is 9.90 Å². The molecule has 8 nitrogen and oxygen atoms in total. The van der Waals surface area contributed by atoms with E-state index in [1.165, 1.54) is 0 Å². The summed E-state index contributed by atoms with van der Waals surface area (Å²) in [4.78, 5) is 14.0. The number of carbonyl (C=O) groups is 1. The highest BCUT2D eigenvalue weighted by atomic mass is 79.9. The summed E-state index contributed by atoms with van der Waals surface area (Å²) in [6.45, 7) is 2.26. The van der Waals surface area contributed by atoms with Crippen LogP contribution in [0, 0.1) is 0 Å². The maximum Gasteiger partial charge on any atom is 0.203 e. The zero-order chi connectivity index (χ0) is 27.7. The third-order valence-electron chi connectivity index (χ3n) is 7.15. The van der Waals surface area contributed by atoms with Gasteiger partial charge in [0.15, 0.2) is 28.8 Å². The number of hydrogen-bond donors (Lipinski definition) is 3. The lowest BCUT2D eigenvalue weighted by atomic mass is 9.78. The zero-order valence-electron chi connectivity index (χ0n) is 22.3. The highest BCUT2D eigenvalue weighted by molar-refractivity contribution is 9.10. The molecule has 2 aliphatic rings. The maximum atomic E-state index is 14.0. The zero-order valence-corrected chi connectivity index (χ0v) is 23.8. The van der Waals surface area contributed by atoms with Gasteiger partial charge in [-0.2, -0.15) is 0 Å². The van der Waals surface area contributed by atoms with Crippen molar-refractivity contribution in [1.29, 1.82) is 0 Å². The number of phenolic OH excluding ortho intramolecular Hbond substituents is 1. The molecule has 0 amide bonds. The Morgan fingerprint density at radius 1 is 0.923 bits per heavy atom. The number of fused-ring (bicyclic) bond motifs is 1. The molecule has 0 unspecified atom stereocenters. The number of carbonyl (C=O) groups excluding carboxylic acids is 1. The van der Waals surface area contributed by atoms with Gasteiger partial charge in [0.25, 0.3) is 0 Å². The van der Waals surface area contributed by atoms with E-state index in [1.807, 2.05) is 49.4 Å². The number of ether oxygens (including phenoxy) is 4. The first-order valence-corrected chi connectivity index (χ1v) is 13.5. The monoisotopic (exact) mass is 594 g/mol. The van der Waals surface area contributed by atoms with Gasteiger partial charge >= 0.3 is 0 Å². The molecule has 1 aliphatic heterocycles. The minimum atomic E-state index is -0.458. The molecular formula is C30H31BrN2O6. The number of phenols is 1. The average Bonchev–Trinajstić information content (AvgIpc) is 3.11. The molecule has 3 N–H and O–H groups in total. The van der Waals surface area contributed by atoms with Gasteiger partial charge in [-0.1, -0.05) is 12.1 Å². The minimum Gasteiger partial charge on any atom is -0.503 e. The van der Waals surface area contributed by atoms with Crippen LogP contribution in [-0.2, 0) is 4.79 Å². The van der Waals surface area contributed by atoms with Gasteiger partial charge in [0.2, 0.25) is 5.75 Å². The first kappa shape index (κ1) is 26.7. The van der Waals surface area contributed by atoms with Crippen molar-refractivity contribution in [3.05, 3.63) is 75.4 Å². The van der Waals surface area contributed by atoms with Gasteiger partial charge in [-0.3, -0.25) is 4.79 Å². The van der Waals surface area contributed by atoms with E-state index in [2.05, 4.69) is 26.6 Å². The van der Waals surface area contributed by atoms with Gasteiger partial charge in [0.1, 0.15) is 0 Å². The van der Waals surface area contributed by atoms with Gasteiger partial charge < -0.3 is 34.7 Å². The van der Waals surface area contributed by atoms with Crippen molar-refractivity contribution in [2.45, 2.75) is 31.7 Å². The number of hydrogen-bond acceptors (Lipinski definition) is 8. The first-order valence-electron chi connectivity index (χ1n) is 12.7. The molecule has 0 radical (unpaired) electrons. The van der Waals surface area contributed by atoms with Crippen LogP contribution in [0.2, 0.25) is 0 Å². The summed E-state index contributed by atoms with van der Waals surface area (Å²) in [5, 5.41) is 17.6. The predicted octanol–water partition coefficient (Wildman–Crippen LogP) is 6.56. The smallest absolute Gasteiger partial charge is 0.203 e. The Bertz CT molecular complexity index is 1430.